The molecule has 2 aromatic rings. The van der Waals surface area contributed by atoms with Gasteiger partial charge in [-0.1, -0.05) is 11.6 Å². The first-order valence-electron chi connectivity index (χ1n) is 8.61. The van der Waals surface area contributed by atoms with Crippen LogP contribution in [0.15, 0.2) is 12.1 Å². The zero-order valence-electron chi connectivity index (χ0n) is 15.1. The first kappa shape index (κ1) is 18.1. The van der Waals surface area contributed by atoms with Crippen molar-refractivity contribution in [3.05, 3.63) is 34.2 Å². The number of halogens is 2. The van der Waals surface area contributed by atoms with Crippen LogP contribution >= 0.6 is 11.6 Å². The Morgan fingerprint density at radius 3 is 2.76 bits per heavy atom. The summed E-state index contributed by atoms with van der Waals surface area (Å²) in [5.74, 6) is -0.164. The molecule has 6 heteroatoms. The highest BCUT2D eigenvalue weighted by molar-refractivity contribution is 6.35. The van der Waals surface area contributed by atoms with Crippen molar-refractivity contribution in [3.8, 4) is 0 Å². The molecule has 3 rings (SSSR count). The Balaban J connectivity index is 1.88. The molecule has 1 aliphatic rings. The molecule has 0 radical (unpaired) electrons. The molecule has 2 heterocycles. The molecule has 1 aromatic heterocycles. The van der Waals surface area contributed by atoms with Crippen LogP contribution in [0.25, 0.3) is 10.9 Å². The van der Waals surface area contributed by atoms with Crippen molar-refractivity contribution in [2.45, 2.75) is 52.1 Å². The fourth-order valence-electron chi connectivity index (χ4n) is 3.52. The Labute approximate surface area is 152 Å². The SMILES string of the molecule is Cc1c(C2CCCN(C(=O)OC(C)(C)C)C2)[nH]c2c(Cl)ccc(F)c12. The summed E-state index contributed by atoms with van der Waals surface area (Å²) < 4.78 is 19.7. The number of fused-ring (bicyclic) bond motifs is 1. The number of carbonyl (C=O) groups is 1. The fourth-order valence-corrected chi connectivity index (χ4v) is 3.72. The van der Waals surface area contributed by atoms with E-state index in [2.05, 4.69) is 4.98 Å². The zero-order valence-corrected chi connectivity index (χ0v) is 15.8. The second-order valence-corrected chi connectivity index (χ2v) is 8.12. The third kappa shape index (κ3) is 3.61. The highest BCUT2D eigenvalue weighted by Crippen LogP contribution is 2.36. The number of aryl methyl sites for hydroxylation is 1. The summed E-state index contributed by atoms with van der Waals surface area (Å²) in [6.07, 6.45) is 1.52. The predicted molar refractivity (Wildman–Crippen MR) is 97.8 cm³/mol. The van der Waals surface area contributed by atoms with Gasteiger partial charge >= 0.3 is 6.09 Å². The molecular weight excluding hydrogens is 343 g/mol. The van der Waals surface area contributed by atoms with E-state index in [1.165, 1.54) is 6.07 Å². The summed E-state index contributed by atoms with van der Waals surface area (Å²) in [5.41, 5.74) is 1.93. The van der Waals surface area contributed by atoms with E-state index in [1.807, 2.05) is 27.7 Å². The summed E-state index contributed by atoms with van der Waals surface area (Å²) in [5, 5.41) is 1.04. The van der Waals surface area contributed by atoms with Crippen LogP contribution in [0.3, 0.4) is 0 Å². The predicted octanol–water partition coefficient (Wildman–Crippen LogP) is 5.38. The molecule has 0 spiro atoms. The highest BCUT2D eigenvalue weighted by atomic mass is 35.5. The number of carbonyl (C=O) groups excluding carboxylic acids is 1. The van der Waals surface area contributed by atoms with E-state index in [0.29, 0.717) is 29.0 Å². The maximum atomic E-state index is 14.2. The maximum Gasteiger partial charge on any atom is 0.410 e. The molecular formula is C19H24ClFN2O2. The van der Waals surface area contributed by atoms with Crippen LogP contribution in [-0.2, 0) is 4.74 Å². The largest absolute Gasteiger partial charge is 0.444 e. The number of hydrogen-bond acceptors (Lipinski definition) is 2. The molecule has 0 bridgehead atoms. The molecule has 1 amide bonds. The van der Waals surface area contributed by atoms with E-state index >= 15 is 0 Å². The van der Waals surface area contributed by atoms with Crippen molar-refractivity contribution >= 4 is 28.6 Å². The minimum atomic E-state index is -0.516. The number of aromatic amines is 1. The lowest BCUT2D eigenvalue weighted by Gasteiger charge is -2.34. The van der Waals surface area contributed by atoms with Gasteiger partial charge in [-0.15, -0.1) is 0 Å². The van der Waals surface area contributed by atoms with Gasteiger partial charge in [0.25, 0.3) is 0 Å². The number of ether oxygens (including phenoxy) is 1. The monoisotopic (exact) mass is 366 g/mol. The van der Waals surface area contributed by atoms with E-state index in [4.69, 9.17) is 16.3 Å². The van der Waals surface area contributed by atoms with E-state index in [9.17, 15) is 9.18 Å². The number of amides is 1. The van der Waals surface area contributed by atoms with Crippen molar-refractivity contribution in [1.82, 2.24) is 9.88 Å². The third-order valence-electron chi connectivity index (χ3n) is 4.62. The smallest absolute Gasteiger partial charge is 0.410 e. The van der Waals surface area contributed by atoms with E-state index < -0.39 is 5.60 Å². The molecule has 1 aromatic carbocycles. The van der Waals surface area contributed by atoms with Gasteiger partial charge in [0, 0.05) is 30.1 Å². The Bertz CT molecular complexity index is 810. The molecule has 1 atom stereocenters. The van der Waals surface area contributed by atoms with Crippen LogP contribution in [0.5, 0.6) is 0 Å². The molecule has 4 nitrogen and oxygen atoms in total. The van der Waals surface area contributed by atoms with Gasteiger partial charge in [-0.3, -0.25) is 0 Å². The van der Waals surface area contributed by atoms with Crippen molar-refractivity contribution < 1.29 is 13.9 Å². The van der Waals surface area contributed by atoms with Crippen LogP contribution in [0.1, 0.15) is 50.8 Å². The molecule has 1 N–H and O–H groups in total. The number of rotatable bonds is 1. The average Bonchev–Trinajstić information content (AvgIpc) is 2.88. The van der Waals surface area contributed by atoms with Crippen LogP contribution in [-0.4, -0.2) is 34.7 Å². The topological polar surface area (TPSA) is 45.3 Å². The van der Waals surface area contributed by atoms with Crippen LogP contribution in [0, 0.1) is 12.7 Å². The molecule has 0 aliphatic carbocycles. The van der Waals surface area contributed by atoms with Crippen molar-refractivity contribution in [2.75, 3.05) is 13.1 Å². The molecule has 1 unspecified atom stereocenters. The van der Waals surface area contributed by atoms with E-state index in [-0.39, 0.29) is 17.8 Å². The quantitative estimate of drug-likeness (QED) is 0.736. The van der Waals surface area contributed by atoms with E-state index in [0.717, 1.165) is 24.1 Å². The lowest BCUT2D eigenvalue weighted by Crippen LogP contribution is -2.42. The molecule has 0 saturated carbocycles. The van der Waals surface area contributed by atoms with Crippen molar-refractivity contribution in [2.24, 2.45) is 0 Å². The number of nitrogens with one attached hydrogen (secondary N) is 1. The fraction of sp³-hybridized carbons (Fsp3) is 0.526. The molecule has 1 fully saturated rings. The Kier molecular flexibility index (Phi) is 4.71. The standard InChI is InChI=1S/C19H24ClFN2O2/c1-11-15-14(21)8-7-13(20)17(15)22-16(11)12-6-5-9-23(10-12)18(24)25-19(2,3)4/h7-8,12,22H,5-6,9-10H2,1-4H3. The number of benzene rings is 1. The van der Waals surface area contributed by atoms with Gasteiger partial charge in [-0.2, -0.15) is 0 Å². The normalized spacial score (nSPS) is 18.6. The average molecular weight is 367 g/mol. The van der Waals surface area contributed by atoms with Gasteiger partial charge in [0.1, 0.15) is 11.4 Å². The number of piperidine rings is 1. The summed E-state index contributed by atoms with van der Waals surface area (Å²) >= 11 is 6.22. The number of likely N-dealkylation sites (tertiary alicyclic amines) is 1. The molecule has 25 heavy (non-hydrogen) atoms. The Hall–Kier alpha value is -1.75. The summed E-state index contributed by atoms with van der Waals surface area (Å²) in [6.45, 7) is 8.72. The van der Waals surface area contributed by atoms with Gasteiger partial charge in [-0.25, -0.2) is 9.18 Å². The highest BCUT2D eigenvalue weighted by Gasteiger charge is 2.30. The second-order valence-electron chi connectivity index (χ2n) is 7.71. The Morgan fingerprint density at radius 2 is 2.12 bits per heavy atom. The second kappa shape index (κ2) is 6.52. The lowest BCUT2D eigenvalue weighted by atomic mass is 9.92. The number of aromatic nitrogens is 1. The molecule has 1 aliphatic heterocycles. The molecule has 136 valence electrons. The first-order valence-corrected chi connectivity index (χ1v) is 8.99. The van der Waals surface area contributed by atoms with E-state index in [1.54, 1.807) is 11.0 Å². The minimum Gasteiger partial charge on any atom is -0.444 e. The number of nitrogens with zero attached hydrogens (tertiary/aromatic N) is 1. The van der Waals surface area contributed by atoms with Crippen LogP contribution in [0.4, 0.5) is 9.18 Å². The summed E-state index contributed by atoms with van der Waals surface area (Å²) in [4.78, 5) is 17.4. The summed E-state index contributed by atoms with van der Waals surface area (Å²) in [7, 11) is 0. The van der Waals surface area contributed by atoms with Crippen LogP contribution < -0.4 is 0 Å². The zero-order chi connectivity index (χ0) is 18.4. The minimum absolute atomic E-state index is 0.115. The van der Waals surface area contributed by atoms with Gasteiger partial charge in [0.05, 0.1) is 10.5 Å². The number of H-pyrrole nitrogens is 1. The third-order valence-corrected chi connectivity index (χ3v) is 4.94. The van der Waals surface area contributed by atoms with Gasteiger partial charge in [0.2, 0.25) is 0 Å². The number of hydrogen-bond donors (Lipinski definition) is 1. The van der Waals surface area contributed by atoms with Crippen LogP contribution in [0.2, 0.25) is 5.02 Å². The van der Waals surface area contributed by atoms with Gasteiger partial charge < -0.3 is 14.6 Å². The molecule has 1 saturated heterocycles. The van der Waals surface area contributed by atoms with Crippen molar-refractivity contribution in [1.29, 1.82) is 0 Å². The maximum absolute atomic E-state index is 14.2. The summed E-state index contributed by atoms with van der Waals surface area (Å²) in [6, 6.07) is 2.95. The first-order chi connectivity index (χ1) is 11.7. The van der Waals surface area contributed by atoms with Crippen molar-refractivity contribution in [3.63, 3.8) is 0 Å². The van der Waals surface area contributed by atoms with Gasteiger partial charge in [-0.05, 0) is 58.2 Å². The van der Waals surface area contributed by atoms with Gasteiger partial charge in [0.15, 0.2) is 0 Å². The Morgan fingerprint density at radius 1 is 1.40 bits per heavy atom. The lowest BCUT2D eigenvalue weighted by molar-refractivity contribution is 0.0197.